The Hall–Kier alpha value is -0.700. The second kappa shape index (κ2) is 4.52. The Morgan fingerprint density at radius 3 is 2.76 bits per heavy atom. The van der Waals surface area contributed by atoms with Gasteiger partial charge in [0.1, 0.15) is 0 Å². The van der Waals surface area contributed by atoms with Gasteiger partial charge in [-0.25, -0.2) is 8.42 Å². The fraction of sp³-hybridized carbons (Fsp3) is 0.667. The molecule has 1 atom stereocenters. The van der Waals surface area contributed by atoms with Crippen molar-refractivity contribution in [1.29, 1.82) is 0 Å². The number of aromatic nitrogens is 1. The van der Waals surface area contributed by atoms with Crippen LogP contribution < -0.4 is 4.87 Å². The number of aryl methyl sites for hydroxylation is 1. The van der Waals surface area contributed by atoms with Gasteiger partial charge >= 0.3 is 4.87 Å². The molecule has 1 aromatic rings. The van der Waals surface area contributed by atoms with E-state index in [1.54, 1.807) is 6.92 Å². The molecule has 1 aliphatic heterocycles. The van der Waals surface area contributed by atoms with Crippen LogP contribution in [0.1, 0.15) is 18.5 Å². The van der Waals surface area contributed by atoms with Gasteiger partial charge in [-0.2, -0.15) is 4.31 Å². The standard InChI is InChI=1S/C9H14N2O4S2/c1-6-8(16-9(13)10-6)17(14,15)11-4-2-3-7(12)5-11/h7,12H,2-5H2,1H3,(H,10,13). The number of nitrogens with one attached hydrogen (secondary N) is 1. The smallest absolute Gasteiger partial charge is 0.305 e. The van der Waals surface area contributed by atoms with Crippen LogP contribution in [0.3, 0.4) is 0 Å². The van der Waals surface area contributed by atoms with Crippen molar-refractivity contribution in [2.24, 2.45) is 0 Å². The number of aliphatic hydroxyl groups excluding tert-OH is 1. The lowest BCUT2D eigenvalue weighted by molar-refractivity contribution is 0.108. The van der Waals surface area contributed by atoms with Crippen LogP contribution in [0.2, 0.25) is 0 Å². The third-order valence-electron chi connectivity index (χ3n) is 2.71. The molecule has 0 saturated carbocycles. The zero-order valence-electron chi connectivity index (χ0n) is 9.34. The van der Waals surface area contributed by atoms with E-state index in [-0.39, 0.29) is 15.6 Å². The maximum absolute atomic E-state index is 12.2. The molecule has 0 aromatic carbocycles. The zero-order chi connectivity index (χ0) is 12.6. The highest BCUT2D eigenvalue weighted by Gasteiger charge is 2.32. The summed E-state index contributed by atoms with van der Waals surface area (Å²) in [5.74, 6) is 0. The van der Waals surface area contributed by atoms with Gasteiger partial charge < -0.3 is 10.1 Å². The first kappa shape index (κ1) is 12.7. The maximum Gasteiger partial charge on any atom is 0.305 e. The number of sulfonamides is 1. The van der Waals surface area contributed by atoms with Gasteiger partial charge in [-0.3, -0.25) is 4.79 Å². The molecule has 2 rings (SSSR count). The topological polar surface area (TPSA) is 90.5 Å². The minimum atomic E-state index is -3.64. The molecular weight excluding hydrogens is 264 g/mol. The van der Waals surface area contributed by atoms with E-state index in [4.69, 9.17) is 0 Å². The van der Waals surface area contributed by atoms with Crippen molar-refractivity contribution >= 4 is 21.4 Å². The van der Waals surface area contributed by atoms with Gasteiger partial charge in [0.25, 0.3) is 10.0 Å². The Morgan fingerprint density at radius 2 is 2.24 bits per heavy atom. The lowest BCUT2D eigenvalue weighted by Crippen LogP contribution is -2.42. The highest BCUT2D eigenvalue weighted by atomic mass is 32.2. The normalized spacial score (nSPS) is 22.8. The molecule has 0 amide bonds. The lowest BCUT2D eigenvalue weighted by atomic mass is 10.1. The van der Waals surface area contributed by atoms with Crippen LogP contribution in [0, 0.1) is 6.92 Å². The molecule has 96 valence electrons. The van der Waals surface area contributed by atoms with Crippen LogP contribution in [0.15, 0.2) is 9.00 Å². The van der Waals surface area contributed by atoms with Crippen LogP contribution in [-0.4, -0.2) is 42.0 Å². The quantitative estimate of drug-likeness (QED) is 0.790. The molecule has 1 saturated heterocycles. The summed E-state index contributed by atoms with van der Waals surface area (Å²) in [5.41, 5.74) is 0.361. The molecule has 2 heterocycles. The van der Waals surface area contributed by atoms with Gasteiger partial charge in [-0.05, 0) is 19.8 Å². The summed E-state index contributed by atoms with van der Waals surface area (Å²) in [7, 11) is -3.64. The molecule has 0 bridgehead atoms. The minimum absolute atomic E-state index is 0.0524. The van der Waals surface area contributed by atoms with Crippen LogP contribution in [0.4, 0.5) is 0 Å². The summed E-state index contributed by atoms with van der Waals surface area (Å²) < 4.78 is 25.8. The third-order valence-corrected chi connectivity index (χ3v) is 6.16. The number of hydrogen-bond donors (Lipinski definition) is 2. The van der Waals surface area contributed by atoms with Crippen molar-refractivity contribution < 1.29 is 13.5 Å². The molecule has 1 aliphatic rings. The SMILES string of the molecule is Cc1[nH]c(=O)sc1S(=O)(=O)N1CCCC(O)C1. The number of thiazole rings is 1. The summed E-state index contributed by atoms with van der Waals surface area (Å²) in [6.45, 7) is 2.06. The molecule has 0 spiro atoms. The first-order valence-electron chi connectivity index (χ1n) is 5.29. The van der Waals surface area contributed by atoms with Crippen molar-refractivity contribution in [3.63, 3.8) is 0 Å². The van der Waals surface area contributed by atoms with Gasteiger partial charge in [0.15, 0.2) is 4.21 Å². The molecule has 1 aromatic heterocycles. The van der Waals surface area contributed by atoms with Gasteiger partial charge in [0, 0.05) is 18.8 Å². The van der Waals surface area contributed by atoms with Crippen LogP contribution >= 0.6 is 11.3 Å². The highest BCUT2D eigenvalue weighted by molar-refractivity contribution is 7.91. The van der Waals surface area contributed by atoms with Gasteiger partial charge in [0.2, 0.25) is 0 Å². The predicted molar refractivity (Wildman–Crippen MR) is 63.7 cm³/mol. The Morgan fingerprint density at radius 1 is 1.53 bits per heavy atom. The van der Waals surface area contributed by atoms with Crippen molar-refractivity contribution in [3.05, 3.63) is 15.4 Å². The Kier molecular flexibility index (Phi) is 3.39. The fourth-order valence-electron chi connectivity index (χ4n) is 1.89. The summed E-state index contributed by atoms with van der Waals surface area (Å²) in [5, 5.41) is 9.49. The molecule has 1 fully saturated rings. The van der Waals surface area contributed by atoms with Gasteiger partial charge in [0.05, 0.1) is 6.10 Å². The molecule has 8 heteroatoms. The largest absolute Gasteiger partial charge is 0.392 e. The number of β-amino-alcohol motifs (C(OH)–C–C–N with tert-alkyl or cyclic N) is 1. The number of hydrogen-bond acceptors (Lipinski definition) is 5. The van der Waals surface area contributed by atoms with Crippen LogP contribution in [-0.2, 0) is 10.0 Å². The molecule has 6 nitrogen and oxygen atoms in total. The summed E-state index contributed by atoms with van der Waals surface area (Å²) in [6.07, 6.45) is 0.641. The Balaban J connectivity index is 2.36. The van der Waals surface area contributed by atoms with E-state index in [9.17, 15) is 18.3 Å². The molecular formula is C9H14N2O4S2. The minimum Gasteiger partial charge on any atom is -0.392 e. The van der Waals surface area contributed by atoms with Crippen molar-refractivity contribution in [2.45, 2.75) is 30.1 Å². The monoisotopic (exact) mass is 278 g/mol. The van der Waals surface area contributed by atoms with Crippen LogP contribution in [0.25, 0.3) is 0 Å². The number of rotatable bonds is 2. The number of aliphatic hydroxyl groups is 1. The lowest BCUT2D eigenvalue weighted by Gasteiger charge is -2.28. The summed E-state index contributed by atoms with van der Waals surface area (Å²) in [6, 6.07) is 0. The second-order valence-corrected chi connectivity index (χ2v) is 7.20. The first-order chi connectivity index (χ1) is 7.91. The number of nitrogens with zero attached hydrogens (tertiary/aromatic N) is 1. The highest BCUT2D eigenvalue weighted by Crippen LogP contribution is 2.24. The molecule has 1 unspecified atom stereocenters. The van der Waals surface area contributed by atoms with E-state index in [2.05, 4.69) is 4.98 Å². The van der Waals surface area contributed by atoms with Crippen molar-refractivity contribution in [1.82, 2.24) is 9.29 Å². The molecule has 17 heavy (non-hydrogen) atoms. The van der Waals surface area contributed by atoms with Gasteiger partial charge in [-0.15, -0.1) is 0 Å². The predicted octanol–water partition coefficient (Wildman–Crippen LogP) is -0.110. The van der Waals surface area contributed by atoms with E-state index in [0.29, 0.717) is 36.4 Å². The first-order valence-corrected chi connectivity index (χ1v) is 7.55. The summed E-state index contributed by atoms with van der Waals surface area (Å²) >= 11 is 0.694. The molecule has 2 N–H and O–H groups in total. The van der Waals surface area contributed by atoms with E-state index >= 15 is 0 Å². The Bertz CT molecular complexity index is 560. The van der Waals surface area contributed by atoms with Crippen molar-refractivity contribution in [2.75, 3.05) is 13.1 Å². The zero-order valence-corrected chi connectivity index (χ0v) is 11.0. The number of H-pyrrole nitrogens is 1. The van der Waals surface area contributed by atoms with Gasteiger partial charge in [-0.1, -0.05) is 11.3 Å². The van der Waals surface area contributed by atoms with Crippen molar-refractivity contribution in [3.8, 4) is 0 Å². The average molecular weight is 278 g/mol. The second-order valence-electron chi connectivity index (χ2n) is 4.09. The summed E-state index contributed by atoms with van der Waals surface area (Å²) in [4.78, 5) is 13.2. The molecule has 0 aliphatic carbocycles. The fourth-order valence-corrected chi connectivity index (χ4v) is 4.84. The number of aromatic amines is 1. The van der Waals surface area contributed by atoms with E-state index < -0.39 is 16.1 Å². The van der Waals surface area contributed by atoms with E-state index in [1.807, 2.05) is 0 Å². The average Bonchev–Trinajstić information content (AvgIpc) is 2.58. The Labute approximate surface area is 103 Å². The van der Waals surface area contributed by atoms with E-state index in [0.717, 1.165) is 0 Å². The maximum atomic E-state index is 12.2. The third kappa shape index (κ3) is 2.44. The van der Waals surface area contributed by atoms with Crippen LogP contribution in [0.5, 0.6) is 0 Å². The van der Waals surface area contributed by atoms with E-state index in [1.165, 1.54) is 4.31 Å². The molecule has 0 radical (unpaired) electrons. The number of piperidine rings is 1.